The maximum absolute atomic E-state index is 12.3. The van der Waals surface area contributed by atoms with Gasteiger partial charge in [0.2, 0.25) is 5.91 Å². The SMILES string of the molecule is CN1CCN(C(=O)CSc2nccc3ccccc23)CC1. The lowest BCUT2D eigenvalue weighted by atomic mass is 10.2. The molecule has 0 radical (unpaired) electrons. The molecule has 1 aromatic heterocycles. The Kier molecular flexibility index (Phi) is 4.41. The minimum atomic E-state index is 0.211. The fourth-order valence-corrected chi connectivity index (χ4v) is 3.40. The molecule has 110 valence electrons. The Morgan fingerprint density at radius 3 is 2.76 bits per heavy atom. The number of hydrogen-bond donors (Lipinski definition) is 0. The average molecular weight is 301 g/mol. The largest absolute Gasteiger partial charge is 0.339 e. The molecule has 1 fully saturated rings. The summed E-state index contributed by atoms with van der Waals surface area (Å²) in [5.41, 5.74) is 0. The summed E-state index contributed by atoms with van der Waals surface area (Å²) < 4.78 is 0. The number of pyridine rings is 1. The molecule has 1 saturated heterocycles. The molecule has 0 saturated carbocycles. The van der Waals surface area contributed by atoms with Gasteiger partial charge in [-0.15, -0.1) is 0 Å². The Hall–Kier alpha value is -1.59. The molecule has 0 aliphatic carbocycles. The number of carbonyl (C=O) groups excluding carboxylic acids is 1. The zero-order valence-electron chi connectivity index (χ0n) is 12.2. The van der Waals surface area contributed by atoms with Gasteiger partial charge in [-0.2, -0.15) is 0 Å². The summed E-state index contributed by atoms with van der Waals surface area (Å²) in [6, 6.07) is 10.2. The number of benzene rings is 1. The lowest BCUT2D eigenvalue weighted by Crippen LogP contribution is -2.47. The van der Waals surface area contributed by atoms with Gasteiger partial charge in [0.15, 0.2) is 0 Å². The minimum absolute atomic E-state index is 0.211. The van der Waals surface area contributed by atoms with Crippen LogP contribution in [0.4, 0.5) is 0 Å². The van der Waals surface area contributed by atoms with Crippen molar-refractivity contribution in [3.05, 3.63) is 36.5 Å². The summed E-state index contributed by atoms with van der Waals surface area (Å²) in [6.07, 6.45) is 1.81. The van der Waals surface area contributed by atoms with Gasteiger partial charge in [-0.3, -0.25) is 4.79 Å². The molecule has 1 aromatic carbocycles. The number of carbonyl (C=O) groups is 1. The molecule has 2 heterocycles. The van der Waals surface area contributed by atoms with Crippen molar-refractivity contribution in [2.24, 2.45) is 0 Å². The van der Waals surface area contributed by atoms with Crippen molar-refractivity contribution in [2.75, 3.05) is 39.0 Å². The Balaban J connectivity index is 1.65. The Bertz CT molecular complexity index is 633. The molecule has 1 aliphatic heterocycles. The van der Waals surface area contributed by atoms with Crippen LogP contribution in [0.2, 0.25) is 0 Å². The summed E-state index contributed by atoms with van der Waals surface area (Å²) in [4.78, 5) is 20.9. The fraction of sp³-hybridized carbons (Fsp3) is 0.375. The lowest BCUT2D eigenvalue weighted by Gasteiger charge is -2.32. The van der Waals surface area contributed by atoms with Crippen LogP contribution in [0, 0.1) is 0 Å². The second kappa shape index (κ2) is 6.45. The second-order valence-electron chi connectivity index (χ2n) is 5.31. The predicted molar refractivity (Wildman–Crippen MR) is 86.5 cm³/mol. The zero-order chi connectivity index (χ0) is 14.7. The van der Waals surface area contributed by atoms with Crippen molar-refractivity contribution in [1.82, 2.24) is 14.8 Å². The van der Waals surface area contributed by atoms with Gasteiger partial charge in [-0.05, 0) is 18.5 Å². The fourth-order valence-electron chi connectivity index (χ4n) is 2.48. The first kappa shape index (κ1) is 14.4. The van der Waals surface area contributed by atoms with E-state index in [1.807, 2.05) is 29.3 Å². The monoisotopic (exact) mass is 301 g/mol. The van der Waals surface area contributed by atoms with Crippen molar-refractivity contribution >= 4 is 28.4 Å². The first-order valence-electron chi connectivity index (χ1n) is 7.17. The van der Waals surface area contributed by atoms with E-state index < -0.39 is 0 Å². The van der Waals surface area contributed by atoms with E-state index in [9.17, 15) is 4.79 Å². The molecule has 0 spiro atoms. The molecule has 0 N–H and O–H groups in total. The van der Waals surface area contributed by atoms with Crippen LogP contribution in [0.1, 0.15) is 0 Å². The molecular formula is C16H19N3OS. The summed E-state index contributed by atoms with van der Waals surface area (Å²) in [7, 11) is 2.09. The van der Waals surface area contributed by atoms with E-state index in [0.29, 0.717) is 5.75 Å². The number of fused-ring (bicyclic) bond motifs is 1. The molecular weight excluding hydrogens is 282 g/mol. The maximum Gasteiger partial charge on any atom is 0.233 e. The highest BCUT2D eigenvalue weighted by Gasteiger charge is 2.19. The van der Waals surface area contributed by atoms with Crippen molar-refractivity contribution < 1.29 is 4.79 Å². The molecule has 3 rings (SSSR count). The third-order valence-corrected chi connectivity index (χ3v) is 4.82. The molecule has 0 atom stereocenters. The number of piperazine rings is 1. The van der Waals surface area contributed by atoms with Crippen LogP contribution in [0.3, 0.4) is 0 Å². The highest BCUT2D eigenvalue weighted by atomic mass is 32.2. The number of rotatable bonds is 3. The molecule has 2 aromatic rings. The lowest BCUT2D eigenvalue weighted by molar-refractivity contribution is -0.129. The van der Waals surface area contributed by atoms with Gasteiger partial charge in [0.25, 0.3) is 0 Å². The van der Waals surface area contributed by atoms with Crippen LogP contribution in [-0.2, 0) is 4.79 Å². The number of likely N-dealkylation sites (N-methyl/N-ethyl adjacent to an activating group) is 1. The van der Waals surface area contributed by atoms with E-state index >= 15 is 0 Å². The van der Waals surface area contributed by atoms with Crippen LogP contribution in [-0.4, -0.2) is 59.7 Å². The van der Waals surface area contributed by atoms with E-state index in [4.69, 9.17) is 0 Å². The molecule has 5 heteroatoms. The molecule has 21 heavy (non-hydrogen) atoms. The topological polar surface area (TPSA) is 36.4 Å². The van der Waals surface area contributed by atoms with E-state index in [0.717, 1.165) is 36.6 Å². The zero-order valence-corrected chi connectivity index (χ0v) is 13.0. The Morgan fingerprint density at radius 1 is 1.19 bits per heavy atom. The van der Waals surface area contributed by atoms with Gasteiger partial charge in [0.05, 0.1) is 5.75 Å². The first-order chi connectivity index (χ1) is 10.2. The summed E-state index contributed by atoms with van der Waals surface area (Å²) in [6.45, 7) is 3.59. The standard InChI is InChI=1S/C16H19N3OS/c1-18-8-10-19(11-9-18)15(20)12-21-16-14-5-3-2-4-13(14)6-7-17-16/h2-7H,8-12H2,1H3. The predicted octanol–water partition coefficient (Wildman–Crippen LogP) is 2.10. The number of nitrogens with zero attached hydrogens (tertiary/aromatic N) is 3. The second-order valence-corrected chi connectivity index (χ2v) is 6.27. The summed E-state index contributed by atoms with van der Waals surface area (Å²) in [5.74, 6) is 0.674. The molecule has 0 unspecified atom stereocenters. The molecule has 4 nitrogen and oxygen atoms in total. The average Bonchev–Trinajstić information content (AvgIpc) is 2.53. The van der Waals surface area contributed by atoms with Gasteiger partial charge in [-0.1, -0.05) is 36.0 Å². The van der Waals surface area contributed by atoms with Gasteiger partial charge in [-0.25, -0.2) is 4.98 Å². The molecule has 1 amide bonds. The van der Waals surface area contributed by atoms with E-state index in [2.05, 4.69) is 29.1 Å². The van der Waals surface area contributed by atoms with Crippen molar-refractivity contribution in [1.29, 1.82) is 0 Å². The van der Waals surface area contributed by atoms with Crippen LogP contribution in [0.25, 0.3) is 10.8 Å². The number of thioether (sulfide) groups is 1. The van der Waals surface area contributed by atoms with E-state index in [1.165, 1.54) is 17.1 Å². The highest BCUT2D eigenvalue weighted by Crippen LogP contribution is 2.25. The number of amides is 1. The van der Waals surface area contributed by atoms with Crippen LogP contribution in [0.15, 0.2) is 41.6 Å². The smallest absolute Gasteiger partial charge is 0.233 e. The van der Waals surface area contributed by atoms with Crippen LogP contribution < -0.4 is 0 Å². The summed E-state index contributed by atoms with van der Waals surface area (Å²) >= 11 is 1.54. The minimum Gasteiger partial charge on any atom is -0.339 e. The molecule has 0 bridgehead atoms. The van der Waals surface area contributed by atoms with E-state index in [1.54, 1.807) is 0 Å². The van der Waals surface area contributed by atoms with Crippen LogP contribution in [0.5, 0.6) is 0 Å². The van der Waals surface area contributed by atoms with Gasteiger partial charge < -0.3 is 9.80 Å². The van der Waals surface area contributed by atoms with Crippen molar-refractivity contribution in [2.45, 2.75) is 5.03 Å². The normalized spacial score (nSPS) is 16.3. The van der Waals surface area contributed by atoms with E-state index in [-0.39, 0.29) is 5.91 Å². The van der Waals surface area contributed by atoms with Gasteiger partial charge in [0, 0.05) is 37.8 Å². The third kappa shape index (κ3) is 3.36. The quantitative estimate of drug-likeness (QED) is 0.814. The number of hydrogen-bond acceptors (Lipinski definition) is 4. The van der Waals surface area contributed by atoms with Gasteiger partial charge >= 0.3 is 0 Å². The Morgan fingerprint density at radius 2 is 1.95 bits per heavy atom. The highest BCUT2D eigenvalue weighted by molar-refractivity contribution is 8.00. The van der Waals surface area contributed by atoms with Crippen molar-refractivity contribution in [3.63, 3.8) is 0 Å². The third-order valence-electron chi connectivity index (χ3n) is 3.83. The van der Waals surface area contributed by atoms with Crippen molar-refractivity contribution in [3.8, 4) is 0 Å². The summed E-state index contributed by atoms with van der Waals surface area (Å²) in [5, 5.41) is 3.23. The number of aromatic nitrogens is 1. The Labute approximate surface area is 129 Å². The first-order valence-corrected chi connectivity index (χ1v) is 8.15. The van der Waals surface area contributed by atoms with Crippen LogP contribution >= 0.6 is 11.8 Å². The molecule has 1 aliphatic rings. The maximum atomic E-state index is 12.3. The van der Waals surface area contributed by atoms with Gasteiger partial charge in [0.1, 0.15) is 5.03 Å².